The number of fused-ring (bicyclic) bond motifs is 1. The van der Waals surface area contributed by atoms with Crippen LogP contribution in [0.15, 0.2) is 24.3 Å². The van der Waals surface area contributed by atoms with E-state index >= 15 is 0 Å². The summed E-state index contributed by atoms with van der Waals surface area (Å²) in [6.45, 7) is 3.77. The molecule has 22 heavy (non-hydrogen) atoms. The van der Waals surface area contributed by atoms with Crippen molar-refractivity contribution < 1.29 is 14.7 Å². The minimum absolute atomic E-state index is 0.193. The van der Waals surface area contributed by atoms with Gasteiger partial charge in [-0.1, -0.05) is 26.0 Å². The van der Waals surface area contributed by atoms with E-state index in [0.29, 0.717) is 5.82 Å². The zero-order chi connectivity index (χ0) is 16.3. The summed E-state index contributed by atoms with van der Waals surface area (Å²) in [5, 5.41) is 11.6. The second-order valence-electron chi connectivity index (χ2n) is 5.57. The molecule has 0 fully saturated rings. The van der Waals surface area contributed by atoms with E-state index in [0.717, 1.165) is 11.0 Å². The number of nitrogens with zero attached hydrogens (tertiary/aromatic N) is 2. The van der Waals surface area contributed by atoms with E-state index in [1.165, 1.54) is 4.90 Å². The number of carbonyl (C=O) groups excluding carboxylic acids is 1. The second kappa shape index (κ2) is 6.46. The van der Waals surface area contributed by atoms with Gasteiger partial charge in [0, 0.05) is 7.05 Å². The summed E-state index contributed by atoms with van der Waals surface area (Å²) in [5.74, 6) is -0.586. The number of rotatable bonds is 5. The van der Waals surface area contributed by atoms with Crippen LogP contribution < -0.4 is 5.32 Å². The normalized spacial score (nSPS) is 12.4. The Bertz CT molecular complexity index is 647. The minimum Gasteiger partial charge on any atom is -0.480 e. The van der Waals surface area contributed by atoms with Crippen molar-refractivity contribution in [2.24, 2.45) is 5.92 Å². The number of nitrogens with one attached hydrogen (secondary N) is 2. The lowest BCUT2D eigenvalue weighted by Gasteiger charge is -2.22. The number of aliphatic carboxylic acids is 1. The molecular weight excluding hydrogens is 284 g/mol. The molecular formula is C15H20N4O3. The average molecular weight is 304 g/mol. The highest BCUT2D eigenvalue weighted by molar-refractivity contribution is 5.82. The van der Waals surface area contributed by atoms with Crippen LogP contribution >= 0.6 is 0 Å². The molecule has 2 rings (SSSR count). The smallest absolute Gasteiger partial charge is 0.326 e. The molecule has 0 saturated heterocycles. The van der Waals surface area contributed by atoms with E-state index in [2.05, 4.69) is 15.3 Å². The third-order valence-electron chi connectivity index (χ3n) is 3.38. The van der Waals surface area contributed by atoms with Gasteiger partial charge in [-0.2, -0.15) is 0 Å². The molecule has 1 aromatic carbocycles. The van der Waals surface area contributed by atoms with Crippen molar-refractivity contribution in [2.45, 2.75) is 26.4 Å². The molecule has 0 unspecified atom stereocenters. The van der Waals surface area contributed by atoms with Gasteiger partial charge in [0.2, 0.25) is 0 Å². The van der Waals surface area contributed by atoms with E-state index in [4.69, 9.17) is 5.11 Å². The van der Waals surface area contributed by atoms with Crippen LogP contribution in [0.4, 0.5) is 4.79 Å². The molecule has 1 heterocycles. The molecule has 1 aromatic heterocycles. The van der Waals surface area contributed by atoms with Crippen molar-refractivity contribution >= 4 is 23.0 Å². The first-order valence-corrected chi connectivity index (χ1v) is 7.06. The Labute approximate surface area is 128 Å². The zero-order valence-electron chi connectivity index (χ0n) is 12.8. The zero-order valence-corrected chi connectivity index (χ0v) is 12.8. The number of carbonyl (C=O) groups is 2. The quantitative estimate of drug-likeness (QED) is 0.784. The van der Waals surface area contributed by atoms with Crippen molar-refractivity contribution in [3.63, 3.8) is 0 Å². The van der Waals surface area contributed by atoms with Crippen molar-refractivity contribution in [3.05, 3.63) is 30.1 Å². The van der Waals surface area contributed by atoms with Crippen LogP contribution in [0.25, 0.3) is 11.0 Å². The van der Waals surface area contributed by atoms with Gasteiger partial charge < -0.3 is 20.3 Å². The van der Waals surface area contributed by atoms with Crippen LogP contribution in [-0.2, 0) is 11.3 Å². The number of benzene rings is 1. The van der Waals surface area contributed by atoms with E-state index in [1.54, 1.807) is 20.9 Å². The number of urea groups is 1. The Morgan fingerprint density at radius 2 is 2.05 bits per heavy atom. The standard InChI is InChI=1S/C15H20N4O3/c1-9(2)13(14(20)21)18-15(22)19(3)8-12-16-10-6-4-5-7-11(10)17-12/h4-7,9,13H,8H2,1-3H3,(H,16,17)(H,18,22)(H,20,21)/t13-/m0/s1. The van der Waals surface area contributed by atoms with Gasteiger partial charge in [0.25, 0.3) is 0 Å². The first-order chi connectivity index (χ1) is 10.4. The predicted octanol–water partition coefficient (Wildman–Crippen LogP) is 1.81. The van der Waals surface area contributed by atoms with E-state index in [1.807, 2.05) is 24.3 Å². The summed E-state index contributed by atoms with van der Waals surface area (Å²) in [5.41, 5.74) is 1.73. The molecule has 3 N–H and O–H groups in total. The molecule has 0 aliphatic carbocycles. The molecule has 0 bridgehead atoms. The Kier molecular flexibility index (Phi) is 4.65. The van der Waals surface area contributed by atoms with Crippen molar-refractivity contribution in [1.29, 1.82) is 0 Å². The fourth-order valence-electron chi connectivity index (χ4n) is 2.13. The number of aromatic nitrogens is 2. The van der Waals surface area contributed by atoms with Crippen molar-refractivity contribution in [2.75, 3.05) is 7.05 Å². The van der Waals surface area contributed by atoms with Crippen LogP contribution in [0, 0.1) is 5.92 Å². The van der Waals surface area contributed by atoms with Gasteiger partial charge in [0.05, 0.1) is 17.6 Å². The molecule has 2 aromatic rings. The second-order valence-corrected chi connectivity index (χ2v) is 5.57. The molecule has 0 aliphatic rings. The molecule has 7 nitrogen and oxygen atoms in total. The number of aromatic amines is 1. The van der Waals surface area contributed by atoms with Gasteiger partial charge in [-0.05, 0) is 18.1 Å². The number of carboxylic acids is 1. The van der Waals surface area contributed by atoms with E-state index < -0.39 is 18.0 Å². The van der Waals surface area contributed by atoms with Gasteiger partial charge in [0.1, 0.15) is 11.9 Å². The number of H-pyrrole nitrogens is 1. The summed E-state index contributed by atoms with van der Waals surface area (Å²) in [4.78, 5) is 32.1. The van der Waals surface area contributed by atoms with Gasteiger partial charge >= 0.3 is 12.0 Å². The van der Waals surface area contributed by atoms with Gasteiger partial charge in [-0.15, -0.1) is 0 Å². The largest absolute Gasteiger partial charge is 0.480 e. The molecule has 2 amide bonds. The number of carboxylic acid groups (broad SMARTS) is 1. The first-order valence-electron chi connectivity index (χ1n) is 7.06. The maximum Gasteiger partial charge on any atom is 0.326 e. The number of para-hydroxylation sites is 2. The number of amides is 2. The fourth-order valence-corrected chi connectivity index (χ4v) is 2.13. The lowest BCUT2D eigenvalue weighted by atomic mass is 10.1. The Morgan fingerprint density at radius 1 is 1.36 bits per heavy atom. The topological polar surface area (TPSA) is 98.3 Å². The third-order valence-corrected chi connectivity index (χ3v) is 3.38. The van der Waals surface area contributed by atoms with Crippen LogP contribution in [0.1, 0.15) is 19.7 Å². The van der Waals surface area contributed by atoms with Gasteiger partial charge in [-0.25, -0.2) is 14.6 Å². The molecule has 7 heteroatoms. The Balaban J connectivity index is 2.03. The van der Waals surface area contributed by atoms with E-state index in [9.17, 15) is 9.59 Å². The summed E-state index contributed by atoms with van der Waals surface area (Å²) < 4.78 is 0. The highest BCUT2D eigenvalue weighted by Gasteiger charge is 2.25. The van der Waals surface area contributed by atoms with Gasteiger partial charge in [-0.3, -0.25) is 0 Å². The lowest BCUT2D eigenvalue weighted by molar-refractivity contribution is -0.140. The molecule has 0 saturated carbocycles. The Hall–Kier alpha value is -2.57. The van der Waals surface area contributed by atoms with Crippen LogP contribution in [0.2, 0.25) is 0 Å². The molecule has 118 valence electrons. The third kappa shape index (κ3) is 3.55. The maximum atomic E-state index is 12.1. The number of hydrogen-bond donors (Lipinski definition) is 3. The highest BCUT2D eigenvalue weighted by atomic mass is 16.4. The van der Waals surface area contributed by atoms with E-state index in [-0.39, 0.29) is 12.5 Å². The lowest BCUT2D eigenvalue weighted by Crippen LogP contribution is -2.48. The molecule has 0 spiro atoms. The minimum atomic E-state index is -1.04. The number of hydrogen-bond acceptors (Lipinski definition) is 3. The average Bonchev–Trinajstić information content (AvgIpc) is 2.85. The number of imidazole rings is 1. The monoisotopic (exact) mass is 304 g/mol. The summed E-state index contributed by atoms with van der Waals surface area (Å²) in [6, 6.07) is 6.23. The summed E-state index contributed by atoms with van der Waals surface area (Å²) in [7, 11) is 1.60. The van der Waals surface area contributed by atoms with Crippen LogP contribution in [0.3, 0.4) is 0 Å². The SMILES string of the molecule is CC(C)[C@H](NC(=O)N(C)Cc1nc2ccccc2[nH]1)C(=O)O. The molecule has 0 radical (unpaired) electrons. The van der Waals surface area contributed by atoms with Crippen molar-refractivity contribution in [1.82, 2.24) is 20.2 Å². The molecule has 0 aliphatic heterocycles. The first kappa shape index (κ1) is 15.8. The predicted molar refractivity (Wildman–Crippen MR) is 82.4 cm³/mol. The van der Waals surface area contributed by atoms with Gasteiger partial charge in [0.15, 0.2) is 0 Å². The maximum absolute atomic E-state index is 12.1. The van der Waals surface area contributed by atoms with Crippen molar-refractivity contribution in [3.8, 4) is 0 Å². The molecule has 1 atom stereocenters. The Morgan fingerprint density at radius 3 is 2.64 bits per heavy atom. The van der Waals surface area contributed by atoms with Crippen LogP contribution in [-0.4, -0.2) is 45.1 Å². The summed E-state index contributed by atoms with van der Waals surface area (Å²) in [6.07, 6.45) is 0. The van der Waals surface area contributed by atoms with Crippen LogP contribution in [0.5, 0.6) is 0 Å². The summed E-state index contributed by atoms with van der Waals surface area (Å²) >= 11 is 0. The fraction of sp³-hybridized carbons (Fsp3) is 0.400. The highest BCUT2D eigenvalue weighted by Crippen LogP contribution is 2.11.